The topological polar surface area (TPSA) is 87.8 Å². The summed E-state index contributed by atoms with van der Waals surface area (Å²) >= 11 is 0. The number of aliphatic hydroxyl groups is 1. The van der Waals surface area contributed by atoms with E-state index in [1.807, 2.05) is 18.3 Å². The van der Waals surface area contributed by atoms with Crippen LogP contribution in [0.2, 0.25) is 0 Å². The number of nitrogens with one attached hydrogen (secondary N) is 1. The van der Waals surface area contributed by atoms with Gasteiger partial charge in [-0.2, -0.15) is 5.10 Å². The van der Waals surface area contributed by atoms with Gasteiger partial charge >= 0.3 is 0 Å². The monoisotopic (exact) mass is 232 g/mol. The van der Waals surface area contributed by atoms with Crippen molar-refractivity contribution >= 4 is 5.82 Å². The van der Waals surface area contributed by atoms with Crippen LogP contribution in [-0.4, -0.2) is 20.3 Å². The molecule has 90 valence electrons. The summed E-state index contributed by atoms with van der Waals surface area (Å²) in [6.45, 7) is 2.08. The molecule has 0 radical (unpaired) electrons. The number of pyridine rings is 1. The maximum atomic E-state index is 9.99. The molecule has 0 spiro atoms. The number of aromatic amines is 1. The van der Waals surface area contributed by atoms with E-state index in [0.29, 0.717) is 17.8 Å². The zero-order chi connectivity index (χ0) is 12.3. The molecule has 0 aliphatic heterocycles. The minimum Gasteiger partial charge on any atom is -0.388 e. The number of H-pyrrole nitrogens is 1. The smallest absolute Gasteiger partial charge is 0.124 e. The minimum absolute atomic E-state index is 0.405. The molecule has 0 aromatic carbocycles. The average molecular weight is 232 g/mol. The summed E-state index contributed by atoms with van der Waals surface area (Å²) in [6, 6.07) is 3.95. The Morgan fingerprint density at radius 1 is 1.41 bits per heavy atom. The molecule has 2 aromatic rings. The van der Waals surface area contributed by atoms with Crippen molar-refractivity contribution < 1.29 is 5.11 Å². The van der Waals surface area contributed by atoms with E-state index in [2.05, 4.69) is 22.1 Å². The van der Waals surface area contributed by atoms with Gasteiger partial charge < -0.3 is 10.8 Å². The van der Waals surface area contributed by atoms with E-state index in [1.165, 1.54) is 5.56 Å². The number of anilines is 1. The third kappa shape index (κ3) is 2.62. The SMILES string of the molecule is CCc1ccc(CC(O)c2cn[nH]c2N)nc1. The van der Waals surface area contributed by atoms with Crippen molar-refractivity contribution in [1.29, 1.82) is 0 Å². The molecule has 5 heteroatoms. The standard InChI is InChI=1S/C12H16N4O/c1-2-8-3-4-9(14-6-8)5-11(17)10-7-15-16-12(10)13/h3-4,6-7,11,17H,2,5H2,1H3,(H3,13,15,16). The van der Waals surface area contributed by atoms with Crippen LogP contribution in [0.5, 0.6) is 0 Å². The van der Waals surface area contributed by atoms with Crippen LogP contribution in [0.4, 0.5) is 5.82 Å². The Balaban J connectivity index is 2.07. The maximum absolute atomic E-state index is 9.99. The number of rotatable bonds is 4. The fraction of sp³-hybridized carbons (Fsp3) is 0.333. The molecule has 0 fully saturated rings. The van der Waals surface area contributed by atoms with Gasteiger partial charge in [0, 0.05) is 23.9 Å². The van der Waals surface area contributed by atoms with Crippen LogP contribution in [0.15, 0.2) is 24.5 Å². The molecule has 2 heterocycles. The Bertz CT molecular complexity index is 478. The first-order chi connectivity index (χ1) is 8.20. The number of nitrogens with zero attached hydrogens (tertiary/aromatic N) is 2. The highest BCUT2D eigenvalue weighted by Gasteiger charge is 2.14. The van der Waals surface area contributed by atoms with Gasteiger partial charge in [0.05, 0.1) is 12.3 Å². The highest BCUT2D eigenvalue weighted by molar-refractivity contribution is 5.38. The van der Waals surface area contributed by atoms with Crippen molar-refractivity contribution in [2.45, 2.75) is 25.9 Å². The first-order valence-corrected chi connectivity index (χ1v) is 5.61. The Morgan fingerprint density at radius 2 is 2.24 bits per heavy atom. The van der Waals surface area contributed by atoms with Crippen molar-refractivity contribution in [3.8, 4) is 0 Å². The molecule has 1 atom stereocenters. The van der Waals surface area contributed by atoms with Crippen molar-refractivity contribution in [2.75, 3.05) is 5.73 Å². The van der Waals surface area contributed by atoms with E-state index >= 15 is 0 Å². The predicted octanol–water partition coefficient (Wildman–Crippen LogP) is 1.23. The second-order valence-corrected chi connectivity index (χ2v) is 3.97. The Labute approximate surface area is 99.7 Å². The van der Waals surface area contributed by atoms with Crippen molar-refractivity contribution in [3.63, 3.8) is 0 Å². The molecule has 1 unspecified atom stereocenters. The molecule has 0 saturated carbocycles. The maximum Gasteiger partial charge on any atom is 0.124 e. The molecule has 0 aliphatic carbocycles. The van der Waals surface area contributed by atoms with Crippen molar-refractivity contribution in [2.24, 2.45) is 0 Å². The summed E-state index contributed by atoms with van der Waals surface area (Å²) in [5.74, 6) is 0.405. The molecule has 0 bridgehead atoms. The van der Waals surface area contributed by atoms with Crippen LogP contribution >= 0.6 is 0 Å². The molecule has 2 aromatic heterocycles. The van der Waals surface area contributed by atoms with E-state index < -0.39 is 6.10 Å². The lowest BCUT2D eigenvalue weighted by Crippen LogP contribution is -2.05. The second-order valence-electron chi connectivity index (χ2n) is 3.97. The number of hydrogen-bond acceptors (Lipinski definition) is 4. The second kappa shape index (κ2) is 4.97. The zero-order valence-corrected chi connectivity index (χ0v) is 9.72. The number of aliphatic hydroxyl groups excluding tert-OH is 1. The lowest BCUT2D eigenvalue weighted by Gasteiger charge is -2.09. The van der Waals surface area contributed by atoms with Gasteiger partial charge in [-0.1, -0.05) is 13.0 Å². The van der Waals surface area contributed by atoms with Crippen LogP contribution in [0.3, 0.4) is 0 Å². The van der Waals surface area contributed by atoms with E-state index in [1.54, 1.807) is 6.20 Å². The summed E-state index contributed by atoms with van der Waals surface area (Å²) in [7, 11) is 0. The Kier molecular flexibility index (Phi) is 3.39. The highest BCUT2D eigenvalue weighted by Crippen LogP contribution is 2.20. The average Bonchev–Trinajstić information content (AvgIpc) is 2.76. The quantitative estimate of drug-likeness (QED) is 0.739. The Morgan fingerprint density at radius 3 is 2.76 bits per heavy atom. The Hall–Kier alpha value is -1.88. The largest absolute Gasteiger partial charge is 0.388 e. The summed E-state index contributed by atoms with van der Waals surface area (Å²) in [4.78, 5) is 4.30. The fourth-order valence-electron chi connectivity index (χ4n) is 1.66. The van der Waals surface area contributed by atoms with Crippen molar-refractivity contribution in [1.82, 2.24) is 15.2 Å². The van der Waals surface area contributed by atoms with E-state index in [-0.39, 0.29) is 0 Å². The van der Waals surface area contributed by atoms with E-state index in [4.69, 9.17) is 5.73 Å². The van der Waals surface area contributed by atoms with Gasteiger partial charge in [-0.3, -0.25) is 10.1 Å². The van der Waals surface area contributed by atoms with Gasteiger partial charge in [0.15, 0.2) is 0 Å². The van der Waals surface area contributed by atoms with Gasteiger partial charge in [-0.15, -0.1) is 0 Å². The summed E-state index contributed by atoms with van der Waals surface area (Å²) in [5.41, 5.74) is 8.29. The summed E-state index contributed by atoms with van der Waals surface area (Å²) < 4.78 is 0. The third-order valence-electron chi connectivity index (χ3n) is 2.76. The molecule has 0 amide bonds. The number of aromatic nitrogens is 3. The molecule has 17 heavy (non-hydrogen) atoms. The highest BCUT2D eigenvalue weighted by atomic mass is 16.3. The predicted molar refractivity (Wildman–Crippen MR) is 65.3 cm³/mol. The molecule has 0 saturated heterocycles. The van der Waals surface area contributed by atoms with Crippen LogP contribution in [0.1, 0.15) is 29.8 Å². The van der Waals surface area contributed by atoms with Gasteiger partial charge in [0.1, 0.15) is 5.82 Å². The fourth-order valence-corrected chi connectivity index (χ4v) is 1.66. The van der Waals surface area contributed by atoms with Crippen LogP contribution in [0.25, 0.3) is 0 Å². The van der Waals surface area contributed by atoms with E-state index in [0.717, 1.165) is 12.1 Å². The summed E-state index contributed by atoms with van der Waals surface area (Å²) in [6.07, 6.45) is 4.10. The first kappa shape index (κ1) is 11.6. The van der Waals surface area contributed by atoms with E-state index in [9.17, 15) is 5.11 Å². The molecular formula is C12H16N4O. The van der Waals surface area contributed by atoms with Gasteiger partial charge in [0.25, 0.3) is 0 Å². The van der Waals surface area contributed by atoms with Crippen LogP contribution in [0, 0.1) is 0 Å². The summed E-state index contributed by atoms with van der Waals surface area (Å²) in [5, 5.41) is 16.4. The first-order valence-electron chi connectivity index (χ1n) is 5.61. The normalized spacial score (nSPS) is 12.6. The van der Waals surface area contributed by atoms with Gasteiger partial charge in [-0.05, 0) is 18.1 Å². The van der Waals surface area contributed by atoms with Gasteiger partial charge in [0.2, 0.25) is 0 Å². The lowest BCUT2D eigenvalue weighted by molar-refractivity contribution is 0.178. The molecule has 0 aliphatic rings. The molecular weight excluding hydrogens is 216 g/mol. The number of nitrogens with two attached hydrogens (primary N) is 1. The number of nitrogen functional groups attached to an aromatic ring is 1. The zero-order valence-electron chi connectivity index (χ0n) is 9.72. The third-order valence-corrected chi connectivity index (χ3v) is 2.76. The molecule has 2 rings (SSSR count). The lowest BCUT2D eigenvalue weighted by atomic mass is 10.1. The molecule has 5 nitrogen and oxygen atoms in total. The number of aryl methyl sites for hydroxylation is 1. The van der Waals surface area contributed by atoms with Gasteiger partial charge in [-0.25, -0.2) is 0 Å². The number of hydrogen-bond donors (Lipinski definition) is 3. The minimum atomic E-state index is -0.672. The molecule has 4 N–H and O–H groups in total. The van der Waals surface area contributed by atoms with Crippen molar-refractivity contribution in [3.05, 3.63) is 41.3 Å². The van der Waals surface area contributed by atoms with Crippen LogP contribution in [-0.2, 0) is 12.8 Å². The van der Waals surface area contributed by atoms with Crippen LogP contribution < -0.4 is 5.73 Å².